The van der Waals surface area contributed by atoms with Crippen molar-refractivity contribution < 1.29 is 4.92 Å². The Balaban J connectivity index is 3.51. The predicted octanol–water partition coefficient (Wildman–Crippen LogP) is 5.15. The van der Waals surface area contributed by atoms with Crippen LogP contribution in [0.5, 0.6) is 0 Å². The van der Waals surface area contributed by atoms with E-state index in [0.29, 0.717) is 27.8 Å². The molecule has 0 atom stereocenters. The van der Waals surface area contributed by atoms with E-state index in [0.717, 1.165) is 0 Å². The molecule has 3 nitrogen and oxygen atoms in total. The molecule has 1 aromatic carbocycles. The van der Waals surface area contributed by atoms with Crippen LogP contribution in [0.2, 0.25) is 16.6 Å². The molecule has 0 saturated carbocycles. The number of rotatable bonds is 4. The van der Waals surface area contributed by atoms with Gasteiger partial charge in [0.25, 0.3) is 5.69 Å². The second kappa shape index (κ2) is 7.48. The highest BCUT2D eigenvalue weighted by molar-refractivity contribution is 6.90. The van der Waals surface area contributed by atoms with Crippen molar-refractivity contribution >= 4 is 13.8 Å². The Bertz CT molecular complexity index is 666. The van der Waals surface area contributed by atoms with Crippen molar-refractivity contribution in [2.45, 2.75) is 58.2 Å². The zero-order valence-corrected chi connectivity index (χ0v) is 15.8. The van der Waals surface area contributed by atoms with Gasteiger partial charge in [-0.05, 0) is 22.7 Å². The molecule has 0 aromatic heterocycles. The first kappa shape index (κ1) is 19.0. The van der Waals surface area contributed by atoms with Gasteiger partial charge in [-0.15, -0.1) is 12.0 Å². The minimum atomic E-state index is -1.89. The molecule has 122 valence electrons. The van der Waals surface area contributed by atoms with E-state index < -0.39 is 13.0 Å². The van der Waals surface area contributed by atoms with Crippen LogP contribution in [0.15, 0.2) is 18.2 Å². The summed E-state index contributed by atoms with van der Waals surface area (Å²) in [5, 5.41) is 11.0. The van der Waals surface area contributed by atoms with E-state index in [1.807, 2.05) is 0 Å². The zero-order valence-electron chi connectivity index (χ0n) is 14.8. The summed E-state index contributed by atoms with van der Waals surface area (Å²) < 4.78 is 0. The Morgan fingerprint density at radius 1 is 1.04 bits per heavy atom. The van der Waals surface area contributed by atoms with Gasteiger partial charge < -0.3 is 0 Å². The van der Waals surface area contributed by atoms with Crippen LogP contribution in [0.3, 0.4) is 0 Å². The van der Waals surface area contributed by atoms with Crippen molar-refractivity contribution in [2.24, 2.45) is 0 Å². The lowest BCUT2D eigenvalue weighted by Crippen LogP contribution is -2.43. The number of terminal acetylenes is 1. The third-order valence-electron chi connectivity index (χ3n) is 4.65. The maximum Gasteiger partial charge on any atom is 0.270 e. The molecule has 4 heteroatoms. The molecule has 0 bridgehead atoms. The monoisotopic (exact) mass is 327 g/mol. The van der Waals surface area contributed by atoms with Crippen molar-refractivity contribution in [3.05, 3.63) is 39.4 Å². The third-order valence-corrected chi connectivity index (χ3v) is 10.9. The van der Waals surface area contributed by atoms with Crippen LogP contribution in [0.25, 0.3) is 0 Å². The van der Waals surface area contributed by atoms with Crippen LogP contribution in [0.4, 0.5) is 5.69 Å². The van der Waals surface area contributed by atoms with Crippen molar-refractivity contribution in [3.8, 4) is 23.8 Å². The zero-order chi connectivity index (χ0) is 17.8. The average molecular weight is 328 g/mol. The van der Waals surface area contributed by atoms with Gasteiger partial charge in [-0.2, -0.15) is 0 Å². The smallest absolute Gasteiger partial charge is 0.258 e. The van der Waals surface area contributed by atoms with Gasteiger partial charge in [-0.3, -0.25) is 10.1 Å². The number of non-ortho nitro benzene ring substituents is 1. The van der Waals surface area contributed by atoms with Crippen LogP contribution in [0.1, 0.15) is 52.7 Å². The Labute approximate surface area is 140 Å². The van der Waals surface area contributed by atoms with E-state index in [2.05, 4.69) is 58.9 Å². The molecule has 0 N–H and O–H groups in total. The molecule has 0 fully saturated rings. The average Bonchev–Trinajstić information content (AvgIpc) is 2.46. The van der Waals surface area contributed by atoms with Crippen LogP contribution in [-0.2, 0) is 0 Å². The van der Waals surface area contributed by atoms with Gasteiger partial charge in [-0.25, -0.2) is 0 Å². The Kier molecular flexibility index (Phi) is 6.18. The van der Waals surface area contributed by atoms with E-state index in [-0.39, 0.29) is 5.69 Å². The summed E-state index contributed by atoms with van der Waals surface area (Å²) in [6, 6.07) is 4.52. The molecule has 0 amide bonds. The Hall–Kier alpha value is -2.04. The summed E-state index contributed by atoms with van der Waals surface area (Å²) in [7, 11) is -1.89. The molecule has 0 spiro atoms. The van der Waals surface area contributed by atoms with Crippen molar-refractivity contribution in [1.29, 1.82) is 0 Å². The second-order valence-electron chi connectivity index (χ2n) is 6.78. The lowest BCUT2D eigenvalue weighted by atomic mass is 10.1. The lowest BCUT2D eigenvalue weighted by molar-refractivity contribution is -0.384. The van der Waals surface area contributed by atoms with E-state index in [9.17, 15) is 10.1 Å². The Morgan fingerprint density at radius 2 is 1.57 bits per heavy atom. The summed E-state index contributed by atoms with van der Waals surface area (Å²) in [4.78, 5) is 10.6. The van der Waals surface area contributed by atoms with Crippen LogP contribution < -0.4 is 0 Å². The van der Waals surface area contributed by atoms with E-state index >= 15 is 0 Å². The number of nitro benzene ring substituents is 1. The standard InChI is InChI=1S/C19H25NO2Si/c1-8-17-9-10-19(20(21)22)13-18(17)11-12-23(14(2)3,15(4)5)16(6)7/h1,9-10,13-16H,2-7H3. The largest absolute Gasteiger partial charge is 0.270 e. The molecule has 0 aliphatic heterocycles. The highest BCUT2D eigenvalue weighted by atomic mass is 28.3. The van der Waals surface area contributed by atoms with Gasteiger partial charge >= 0.3 is 0 Å². The Morgan fingerprint density at radius 3 is 1.96 bits per heavy atom. The molecule has 1 aromatic rings. The van der Waals surface area contributed by atoms with Crippen LogP contribution in [-0.4, -0.2) is 13.0 Å². The molecule has 23 heavy (non-hydrogen) atoms. The maximum atomic E-state index is 11.0. The van der Waals surface area contributed by atoms with Crippen LogP contribution >= 0.6 is 0 Å². The highest BCUT2D eigenvalue weighted by Gasteiger charge is 2.41. The van der Waals surface area contributed by atoms with Gasteiger partial charge in [-0.1, -0.05) is 53.4 Å². The van der Waals surface area contributed by atoms with Gasteiger partial charge in [0.2, 0.25) is 0 Å². The van der Waals surface area contributed by atoms with Crippen molar-refractivity contribution in [2.75, 3.05) is 0 Å². The summed E-state index contributed by atoms with van der Waals surface area (Å²) in [5.74, 6) is 5.79. The topological polar surface area (TPSA) is 43.1 Å². The second-order valence-corrected chi connectivity index (χ2v) is 12.4. The molecule has 0 unspecified atom stereocenters. The molecular weight excluding hydrogens is 302 g/mol. The summed E-state index contributed by atoms with van der Waals surface area (Å²) in [6.45, 7) is 13.4. The molecular formula is C19H25NO2Si. The van der Waals surface area contributed by atoms with Crippen molar-refractivity contribution in [1.82, 2.24) is 0 Å². The quantitative estimate of drug-likeness (QED) is 0.332. The van der Waals surface area contributed by atoms with Gasteiger partial charge in [0, 0.05) is 23.3 Å². The molecule has 0 heterocycles. The van der Waals surface area contributed by atoms with E-state index in [4.69, 9.17) is 6.42 Å². The predicted molar refractivity (Wildman–Crippen MR) is 99.0 cm³/mol. The highest BCUT2D eigenvalue weighted by Crippen LogP contribution is 2.40. The fourth-order valence-electron chi connectivity index (χ4n) is 3.48. The van der Waals surface area contributed by atoms with Crippen molar-refractivity contribution in [3.63, 3.8) is 0 Å². The molecule has 0 radical (unpaired) electrons. The normalized spacial score (nSPS) is 11.3. The van der Waals surface area contributed by atoms with Gasteiger partial charge in [0.1, 0.15) is 8.07 Å². The van der Waals surface area contributed by atoms with Gasteiger partial charge in [0.15, 0.2) is 0 Å². The number of nitro groups is 1. The first-order chi connectivity index (χ1) is 10.7. The molecule has 0 saturated heterocycles. The molecule has 0 aliphatic rings. The third kappa shape index (κ3) is 3.84. The fourth-order valence-corrected chi connectivity index (χ4v) is 8.70. The van der Waals surface area contributed by atoms with E-state index in [1.54, 1.807) is 6.07 Å². The minimum Gasteiger partial charge on any atom is -0.258 e. The fraction of sp³-hybridized carbons (Fsp3) is 0.474. The number of hydrogen-bond acceptors (Lipinski definition) is 2. The molecule has 0 aliphatic carbocycles. The summed E-state index contributed by atoms with van der Waals surface area (Å²) in [6.07, 6.45) is 5.52. The lowest BCUT2D eigenvalue weighted by Gasteiger charge is -2.38. The number of hydrogen-bond donors (Lipinski definition) is 0. The number of nitrogens with zero attached hydrogens (tertiary/aromatic N) is 1. The van der Waals surface area contributed by atoms with Gasteiger partial charge in [0.05, 0.1) is 4.92 Å². The maximum absolute atomic E-state index is 11.0. The SMILES string of the molecule is C#Cc1ccc([N+](=O)[O-])cc1C#C[Si](C(C)C)(C(C)C)C(C)C. The molecule has 1 rings (SSSR count). The van der Waals surface area contributed by atoms with E-state index in [1.165, 1.54) is 12.1 Å². The minimum absolute atomic E-state index is 0.0270. The first-order valence-electron chi connectivity index (χ1n) is 7.95. The summed E-state index contributed by atoms with van der Waals surface area (Å²) >= 11 is 0. The summed E-state index contributed by atoms with van der Waals surface area (Å²) in [5.41, 5.74) is 6.29. The number of benzene rings is 1. The van der Waals surface area contributed by atoms with Crippen LogP contribution in [0, 0.1) is 33.9 Å². The first-order valence-corrected chi connectivity index (χ1v) is 10.2.